The van der Waals surface area contributed by atoms with Gasteiger partial charge in [-0.2, -0.15) is 9.50 Å². The molecular weight excluding hydrogens is 398 g/mol. The Hall–Kier alpha value is -3.19. The van der Waals surface area contributed by atoms with Crippen LogP contribution in [-0.4, -0.2) is 28.3 Å². The molecule has 0 atom stereocenters. The molecule has 0 aliphatic carbocycles. The second-order valence-electron chi connectivity index (χ2n) is 7.35. The molecule has 0 spiro atoms. The van der Waals surface area contributed by atoms with Crippen molar-refractivity contribution in [2.75, 3.05) is 13.7 Å². The Morgan fingerprint density at radius 1 is 1.13 bits per heavy atom. The Morgan fingerprint density at radius 2 is 1.93 bits per heavy atom. The van der Waals surface area contributed by atoms with Gasteiger partial charge in [-0.25, -0.2) is 0 Å². The highest BCUT2D eigenvalue weighted by Crippen LogP contribution is 2.28. The normalized spacial score (nSPS) is 12.1. The Bertz CT molecular complexity index is 1260. The van der Waals surface area contributed by atoms with Crippen molar-refractivity contribution in [2.24, 2.45) is 5.92 Å². The maximum atomic E-state index is 12.8. The standard InChI is InChI=1S/C23H23N3O3S/c1-15(2)11-12-29-18-10-9-16(13-19(18)28-3)14-20-22(27)26-23(30-20)24-21(25-26)17-7-5-4-6-8-17/h4-10,13-15H,11-12H2,1-3H3/b20-14-. The number of hydrogen-bond donors (Lipinski definition) is 0. The predicted octanol–water partition coefficient (Wildman–Crippen LogP) is 3.80. The number of thiazole rings is 1. The van der Waals surface area contributed by atoms with Gasteiger partial charge in [-0.1, -0.05) is 61.6 Å². The lowest BCUT2D eigenvalue weighted by molar-refractivity contribution is 0.273. The summed E-state index contributed by atoms with van der Waals surface area (Å²) in [7, 11) is 1.61. The van der Waals surface area contributed by atoms with Gasteiger partial charge in [0.05, 0.1) is 18.2 Å². The third kappa shape index (κ3) is 4.21. The van der Waals surface area contributed by atoms with Gasteiger partial charge in [-0.15, -0.1) is 5.10 Å². The first-order chi connectivity index (χ1) is 14.5. The number of nitrogens with zero attached hydrogens (tertiary/aromatic N) is 3. The monoisotopic (exact) mass is 421 g/mol. The van der Waals surface area contributed by atoms with E-state index in [9.17, 15) is 4.79 Å². The first-order valence-electron chi connectivity index (χ1n) is 9.82. The van der Waals surface area contributed by atoms with Crippen molar-refractivity contribution >= 4 is 22.4 Å². The molecule has 4 aromatic rings. The molecule has 0 bridgehead atoms. The van der Waals surface area contributed by atoms with Crippen LogP contribution in [0.4, 0.5) is 0 Å². The van der Waals surface area contributed by atoms with Gasteiger partial charge in [0.25, 0.3) is 5.56 Å². The van der Waals surface area contributed by atoms with Gasteiger partial charge in [0.15, 0.2) is 17.3 Å². The summed E-state index contributed by atoms with van der Waals surface area (Å²) in [6.07, 6.45) is 2.80. The van der Waals surface area contributed by atoms with Crippen LogP contribution in [0.2, 0.25) is 0 Å². The van der Waals surface area contributed by atoms with E-state index in [4.69, 9.17) is 9.47 Å². The fourth-order valence-electron chi connectivity index (χ4n) is 2.99. The highest BCUT2D eigenvalue weighted by molar-refractivity contribution is 7.15. The minimum atomic E-state index is -0.180. The topological polar surface area (TPSA) is 65.7 Å². The quantitative estimate of drug-likeness (QED) is 0.454. The van der Waals surface area contributed by atoms with Crippen LogP contribution in [0.15, 0.2) is 53.3 Å². The summed E-state index contributed by atoms with van der Waals surface area (Å²) in [4.78, 5) is 17.9. The van der Waals surface area contributed by atoms with Gasteiger partial charge in [0.1, 0.15) is 0 Å². The number of hydrogen-bond acceptors (Lipinski definition) is 6. The average molecular weight is 422 g/mol. The van der Waals surface area contributed by atoms with Crippen molar-refractivity contribution in [1.29, 1.82) is 0 Å². The molecule has 2 aromatic heterocycles. The Kier molecular flexibility index (Phi) is 5.81. The Balaban J connectivity index is 1.63. The van der Waals surface area contributed by atoms with Crippen LogP contribution in [0, 0.1) is 5.92 Å². The molecule has 2 aromatic carbocycles. The number of ether oxygens (including phenoxy) is 2. The summed E-state index contributed by atoms with van der Waals surface area (Å²) in [6.45, 7) is 4.96. The van der Waals surface area contributed by atoms with E-state index in [2.05, 4.69) is 23.9 Å². The largest absolute Gasteiger partial charge is 0.493 e. The molecule has 0 amide bonds. The summed E-state index contributed by atoms with van der Waals surface area (Å²) < 4.78 is 13.2. The van der Waals surface area contributed by atoms with Crippen molar-refractivity contribution in [3.63, 3.8) is 0 Å². The molecule has 0 N–H and O–H groups in total. The molecule has 4 rings (SSSR count). The van der Waals surface area contributed by atoms with Crippen LogP contribution >= 0.6 is 11.3 Å². The maximum absolute atomic E-state index is 12.8. The van der Waals surface area contributed by atoms with Gasteiger partial charge < -0.3 is 9.47 Å². The Labute approximate surface area is 178 Å². The minimum absolute atomic E-state index is 0.180. The lowest BCUT2D eigenvalue weighted by Gasteiger charge is -2.12. The molecule has 6 nitrogen and oxygen atoms in total. The van der Waals surface area contributed by atoms with Crippen molar-refractivity contribution < 1.29 is 9.47 Å². The summed E-state index contributed by atoms with van der Waals surface area (Å²) in [5, 5.41) is 4.38. The first kappa shape index (κ1) is 20.1. The van der Waals surface area contributed by atoms with Gasteiger partial charge in [0, 0.05) is 5.56 Å². The zero-order valence-corrected chi connectivity index (χ0v) is 18.0. The molecule has 0 aliphatic heterocycles. The smallest absolute Gasteiger partial charge is 0.291 e. The Morgan fingerprint density at radius 3 is 2.63 bits per heavy atom. The van der Waals surface area contributed by atoms with E-state index in [0.29, 0.717) is 39.3 Å². The van der Waals surface area contributed by atoms with Crippen molar-refractivity contribution in [1.82, 2.24) is 14.6 Å². The first-order valence-corrected chi connectivity index (χ1v) is 10.6. The molecule has 30 heavy (non-hydrogen) atoms. The third-order valence-corrected chi connectivity index (χ3v) is 5.61. The number of methoxy groups -OCH3 is 1. The lowest BCUT2D eigenvalue weighted by atomic mass is 10.1. The molecule has 0 saturated heterocycles. The summed E-state index contributed by atoms with van der Waals surface area (Å²) in [6, 6.07) is 15.3. The number of aromatic nitrogens is 3. The fourth-order valence-corrected chi connectivity index (χ4v) is 3.90. The van der Waals surface area contributed by atoms with Crippen LogP contribution in [0.3, 0.4) is 0 Å². The molecule has 0 radical (unpaired) electrons. The van der Waals surface area contributed by atoms with E-state index >= 15 is 0 Å². The summed E-state index contributed by atoms with van der Waals surface area (Å²) in [5.74, 6) is 2.47. The highest BCUT2D eigenvalue weighted by atomic mass is 32.1. The summed E-state index contributed by atoms with van der Waals surface area (Å²) in [5.41, 5.74) is 1.56. The second-order valence-corrected chi connectivity index (χ2v) is 8.36. The predicted molar refractivity (Wildman–Crippen MR) is 119 cm³/mol. The number of benzene rings is 2. The van der Waals surface area contributed by atoms with Crippen LogP contribution in [0.5, 0.6) is 11.5 Å². The van der Waals surface area contributed by atoms with Crippen molar-refractivity contribution in [3.05, 3.63) is 69.0 Å². The number of rotatable bonds is 7. The zero-order chi connectivity index (χ0) is 21.1. The average Bonchev–Trinajstić information content (AvgIpc) is 3.29. The highest BCUT2D eigenvalue weighted by Gasteiger charge is 2.12. The van der Waals surface area contributed by atoms with E-state index in [0.717, 1.165) is 17.5 Å². The number of fused-ring (bicyclic) bond motifs is 1. The fraction of sp³-hybridized carbons (Fsp3) is 0.261. The molecule has 0 fully saturated rings. The van der Waals surface area contributed by atoms with E-state index in [1.165, 1.54) is 15.9 Å². The van der Waals surface area contributed by atoms with Gasteiger partial charge in [-0.3, -0.25) is 4.79 Å². The van der Waals surface area contributed by atoms with Crippen LogP contribution < -0.4 is 19.6 Å². The van der Waals surface area contributed by atoms with Crippen molar-refractivity contribution in [3.8, 4) is 22.9 Å². The molecule has 0 saturated carbocycles. The molecule has 2 heterocycles. The van der Waals surface area contributed by atoms with E-state index < -0.39 is 0 Å². The van der Waals surface area contributed by atoms with Crippen LogP contribution in [-0.2, 0) is 0 Å². The van der Waals surface area contributed by atoms with E-state index in [-0.39, 0.29) is 5.56 Å². The third-order valence-electron chi connectivity index (χ3n) is 4.65. The van der Waals surface area contributed by atoms with Crippen LogP contribution in [0.1, 0.15) is 25.8 Å². The molecule has 7 heteroatoms. The zero-order valence-electron chi connectivity index (χ0n) is 17.2. The summed E-state index contributed by atoms with van der Waals surface area (Å²) >= 11 is 1.32. The molecule has 0 aliphatic rings. The van der Waals surface area contributed by atoms with Gasteiger partial charge in [-0.05, 0) is 36.1 Å². The maximum Gasteiger partial charge on any atom is 0.291 e. The minimum Gasteiger partial charge on any atom is -0.493 e. The van der Waals surface area contributed by atoms with E-state index in [1.54, 1.807) is 7.11 Å². The molecular formula is C23H23N3O3S. The SMILES string of the molecule is COc1cc(/C=c2\sc3nc(-c4ccccc4)nn3c2=O)ccc1OCCC(C)C. The molecule has 154 valence electrons. The van der Waals surface area contributed by atoms with Gasteiger partial charge in [0.2, 0.25) is 4.96 Å². The second kappa shape index (κ2) is 8.67. The lowest BCUT2D eigenvalue weighted by Crippen LogP contribution is -2.23. The van der Waals surface area contributed by atoms with Crippen LogP contribution in [0.25, 0.3) is 22.4 Å². The van der Waals surface area contributed by atoms with Gasteiger partial charge >= 0.3 is 0 Å². The van der Waals surface area contributed by atoms with E-state index in [1.807, 2.05) is 54.6 Å². The van der Waals surface area contributed by atoms with Crippen molar-refractivity contribution in [2.45, 2.75) is 20.3 Å². The molecule has 0 unspecified atom stereocenters.